The highest BCUT2D eigenvalue weighted by atomic mass is 16.5. The molecule has 0 fully saturated rings. The van der Waals surface area contributed by atoms with Crippen molar-refractivity contribution in [1.29, 1.82) is 0 Å². The van der Waals surface area contributed by atoms with E-state index in [9.17, 15) is 19.5 Å². The molecule has 0 heterocycles. The van der Waals surface area contributed by atoms with Crippen molar-refractivity contribution in [2.24, 2.45) is 5.92 Å². The Morgan fingerprint density at radius 1 is 0.943 bits per heavy atom. The van der Waals surface area contributed by atoms with Gasteiger partial charge in [-0.05, 0) is 46.4 Å². The van der Waals surface area contributed by atoms with Crippen molar-refractivity contribution in [3.8, 4) is 11.1 Å². The Morgan fingerprint density at radius 3 is 2.11 bits per heavy atom. The number of alkyl carbamates (subject to hydrolysis) is 1. The molecule has 2 amide bonds. The first-order valence-electron chi connectivity index (χ1n) is 11.5. The number of aromatic carboxylic acids is 1. The van der Waals surface area contributed by atoms with Gasteiger partial charge in [0.1, 0.15) is 12.6 Å². The minimum Gasteiger partial charge on any atom is -0.478 e. The summed E-state index contributed by atoms with van der Waals surface area (Å²) in [5.74, 6) is -1.74. The smallest absolute Gasteiger partial charge is 0.407 e. The predicted molar refractivity (Wildman–Crippen MR) is 134 cm³/mol. The second kappa shape index (κ2) is 10.0. The van der Waals surface area contributed by atoms with Gasteiger partial charge in [-0.3, -0.25) is 4.79 Å². The van der Waals surface area contributed by atoms with Gasteiger partial charge < -0.3 is 20.1 Å². The number of hydrogen-bond acceptors (Lipinski definition) is 4. The average molecular weight is 473 g/mol. The predicted octanol–water partition coefficient (Wildman–Crippen LogP) is 4.91. The highest BCUT2D eigenvalue weighted by Gasteiger charge is 2.31. The van der Waals surface area contributed by atoms with Gasteiger partial charge in [0.15, 0.2) is 0 Å². The van der Waals surface area contributed by atoms with Gasteiger partial charge in [-0.1, -0.05) is 68.4 Å². The van der Waals surface area contributed by atoms with Crippen LogP contribution in [0.5, 0.6) is 0 Å². The third-order valence-electron chi connectivity index (χ3n) is 6.36. The van der Waals surface area contributed by atoms with Crippen molar-refractivity contribution in [3.05, 3.63) is 89.5 Å². The molecule has 0 saturated heterocycles. The number of rotatable bonds is 7. The third kappa shape index (κ3) is 4.89. The van der Waals surface area contributed by atoms with Gasteiger partial charge in [-0.15, -0.1) is 0 Å². The highest BCUT2D eigenvalue weighted by Crippen LogP contribution is 2.44. The van der Waals surface area contributed by atoms with Crippen LogP contribution in [0.15, 0.2) is 72.8 Å². The molecular weight excluding hydrogens is 444 g/mol. The molecule has 2 N–H and O–H groups in total. The normalized spacial score (nSPS) is 13.0. The molecule has 4 rings (SSSR count). The lowest BCUT2D eigenvalue weighted by molar-refractivity contribution is -0.121. The number of benzene rings is 3. The molecule has 1 aliphatic rings. The number of hydrogen-bond donors (Lipinski definition) is 2. The fraction of sp³-hybridized carbons (Fsp3) is 0.250. The first kappa shape index (κ1) is 24.0. The van der Waals surface area contributed by atoms with E-state index in [-0.39, 0.29) is 29.9 Å². The zero-order valence-corrected chi connectivity index (χ0v) is 19.9. The molecule has 0 saturated carbocycles. The van der Waals surface area contributed by atoms with Crippen molar-refractivity contribution < 1.29 is 24.2 Å². The summed E-state index contributed by atoms with van der Waals surface area (Å²) in [6, 6.07) is 21.4. The molecule has 1 aliphatic carbocycles. The summed E-state index contributed by atoms with van der Waals surface area (Å²) < 4.78 is 5.61. The summed E-state index contributed by atoms with van der Waals surface area (Å²) in [7, 11) is 1.55. The molecule has 35 heavy (non-hydrogen) atoms. The minimum atomic E-state index is -1.08. The molecule has 0 aromatic heterocycles. The van der Waals surface area contributed by atoms with Crippen LogP contribution in [-0.4, -0.2) is 42.8 Å². The van der Waals surface area contributed by atoms with Crippen LogP contribution < -0.4 is 10.2 Å². The number of nitrogens with one attached hydrogen (secondary N) is 1. The Kier molecular flexibility index (Phi) is 6.87. The Morgan fingerprint density at radius 2 is 1.54 bits per heavy atom. The van der Waals surface area contributed by atoms with Crippen LogP contribution in [0.3, 0.4) is 0 Å². The van der Waals surface area contributed by atoms with Gasteiger partial charge in [0.25, 0.3) is 0 Å². The number of fused-ring (bicyclic) bond motifs is 3. The number of nitrogens with zero attached hydrogens (tertiary/aromatic N) is 1. The Bertz CT molecular complexity index is 1220. The number of anilines is 1. The van der Waals surface area contributed by atoms with Gasteiger partial charge in [-0.25, -0.2) is 9.59 Å². The quantitative estimate of drug-likeness (QED) is 0.509. The van der Waals surface area contributed by atoms with E-state index in [0.717, 1.165) is 22.3 Å². The van der Waals surface area contributed by atoms with Crippen molar-refractivity contribution >= 4 is 23.7 Å². The summed E-state index contributed by atoms with van der Waals surface area (Å²) in [5.41, 5.74) is 4.99. The number of amides is 2. The van der Waals surface area contributed by atoms with Crippen LogP contribution in [-0.2, 0) is 9.53 Å². The van der Waals surface area contributed by atoms with Gasteiger partial charge in [0, 0.05) is 18.7 Å². The largest absolute Gasteiger partial charge is 0.478 e. The topological polar surface area (TPSA) is 95.9 Å². The molecule has 1 atom stereocenters. The van der Waals surface area contributed by atoms with E-state index in [2.05, 4.69) is 17.4 Å². The first-order valence-corrected chi connectivity index (χ1v) is 11.5. The summed E-state index contributed by atoms with van der Waals surface area (Å²) in [6.07, 6.45) is -0.674. The maximum atomic E-state index is 13.2. The van der Waals surface area contributed by atoms with Crippen LogP contribution >= 0.6 is 0 Å². The van der Waals surface area contributed by atoms with Gasteiger partial charge >= 0.3 is 12.1 Å². The molecule has 3 aromatic rings. The summed E-state index contributed by atoms with van der Waals surface area (Å²) in [6.45, 7) is 3.80. The Labute approximate surface area is 204 Å². The minimum absolute atomic E-state index is 0.0766. The van der Waals surface area contributed by atoms with Crippen molar-refractivity contribution in [1.82, 2.24) is 5.32 Å². The zero-order chi connectivity index (χ0) is 25.1. The van der Waals surface area contributed by atoms with Gasteiger partial charge in [0.05, 0.1) is 5.56 Å². The lowest BCUT2D eigenvalue weighted by Gasteiger charge is -2.27. The molecule has 0 unspecified atom stereocenters. The van der Waals surface area contributed by atoms with Crippen LogP contribution in [0.2, 0.25) is 0 Å². The highest BCUT2D eigenvalue weighted by molar-refractivity contribution is 5.99. The van der Waals surface area contributed by atoms with Gasteiger partial charge in [-0.2, -0.15) is 0 Å². The second-order valence-electron chi connectivity index (χ2n) is 8.94. The third-order valence-corrected chi connectivity index (χ3v) is 6.36. The van der Waals surface area contributed by atoms with E-state index < -0.39 is 18.1 Å². The maximum absolute atomic E-state index is 13.2. The van der Waals surface area contributed by atoms with Crippen LogP contribution in [0.1, 0.15) is 41.3 Å². The Hall–Kier alpha value is -4.13. The van der Waals surface area contributed by atoms with E-state index in [1.165, 1.54) is 17.0 Å². The van der Waals surface area contributed by atoms with E-state index >= 15 is 0 Å². The molecule has 7 nitrogen and oxygen atoms in total. The molecule has 0 bridgehead atoms. The van der Waals surface area contributed by atoms with E-state index in [1.807, 2.05) is 50.2 Å². The summed E-state index contributed by atoms with van der Waals surface area (Å²) in [4.78, 5) is 38.6. The van der Waals surface area contributed by atoms with E-state index in [4.69, 9.17) is 4.74 Å². The van der Waals surface area contributed by atoms with Crippen LogP contribution in [0.25, 0.3) is 11.1 Å². The lowest BCUT2D eigenvalue weighted by Crippen LogP contribution is -2.50. The maximum Gasteiger partial charge on any atom is 0.407 e. The SMILES string of the molecule is CC(C)[C@@H](NC(=O)OCC1c2ccccc2-c2ccccc21)C(=O)N(C)c1cccc(C(=O)O)c1. The van der Waals surface area contributed by atoms with Gasteiger partial charge in [0.2, 0.25) is 5.91 Å². The first-order chi connectivity index (χ1) is 16.8. The van der Waals surface area contributed by atoms with Crippen molar-refractivity contribution in [2.45, 2.75) is 25.8 Å². The molecule has 3 aromatic carbocycles. The number of carboxylic acids is 1. The van der Waals surface area contributed by atoms with Crippen LogP contribution in [0, 0.1) is 5.92 Å². The zero-order valence-electron chi connectivity index (χ0n) is 19.9. The lowest BCUT2D eigenvalue weighted by atomic mass is 9.98. The molecule has 0 aliphatic heterocycles. The standard InChI is InChI=1S/C28H28N2O5/c1-17(2)25(26(31)30(3)19-10-8-9-18(15-19)27(32)33)29-28(34)35-16-24-22-13-6-4-11-20(22)21-12-5-7-14-23(21)24/h4-15,17,24-25H,16H2,1-3H3,(H,29,34)(H,32,33)/t25-/m1/s1. The fourth-order valence-electron chi connectivity index (χ4n) is 4.46. The van der Waals surface area contributed by atoms with E-state index in [1.54, 1.807) is 19.2 Å². The molecule has 0 spiro atoms. The number of ether oxygens (including phenoxy) is 1. The van der Waals surface area contributed by atoms with Crippen LogP contribution in [0.4, 0.5) is 10.5 Å². The average Bonchev–Trinajstić information content (AvgIpc) is 3.18. The number of likely N-dealkylation sites (N-methyl/N-ethyl adjacent to an activating group) is 1. The van der Waals surface area contributed by atoms with Crippen molar-refractivity contribution in [2.75, 3.05) is 18.6 Å². The number of carbonyl (C=O) groups excluding carboxylic acids is 2. The number of carbonyl (C=O) groups is 3. The molecular formula is C28H28N2O5. The molecule has 180 valence electrons. The monoisotopic (exact) mass is 472 g/mol. The van der Waals surface area contributed by atoms with E-state index in [0.29, 0.717) is 5.69 Å². The Balaban J connectivity index is 1.45. The second-order valence-corrected chi connectivity index (χ2v) is 8.94. The molecule has 0 radical (unpaired) electrons. The summed E-state index contributed by atoms with van der Waals surface area (Å²) >= 11 is 0. The fourth-order valence-corrected chi connectivity index (χ4v) is 4.46. The molecule has 7 heteroatoms. The summed E-state index contributed by atoms with van der Waals surface area (Å²) in [5, 5.41) is 11.9. The van der Waals surface area contributed by atoms with Crippen molar-refractivity contribution in [3.63, 3.8) is 0 Å². The number of carboxylic acid groups (broad SMARTS) is 1.